The molecular weight excluding hydrogens is 308 g/mol. The van der Waals surface area contributed by atoms with Crippen molar-refractivity contribution in [2.24, 2.45) is 0 Å². The number of carbonyl (C=O) groups excluding carboxylic acids is 1. The molecule has 1 aliphatic carbocycles. The molecule has 0 aliphatic heterocycles. The van der Waals surface area contributed by atoms with E-state index in [2.05, 4.69) is 21.7 Å². The number of amides is 1. The second-order valence-corrected chi connectivity index (χ2v) is 7.42. The zero-order valence-corrected chi connectivity index (χ0v) is 14.6. The van der Waals surface area contributed by atoms with Crippen LogP contribution in [0, 0.1) is 0 Å². The topological polar surface area (TPSA) is 45.5 Å². The van der Waals surface area contributed by atoms with Crippen molar-refractivity contribution < 1.29 is 9.21 Å². The molecule has 1 aliphatic rings. The van der Waals surface area contributed by atoms with Crippen LogP contribution in [0.4, 0.5) is 0 Å². The van der Waals surface area contributed by atoms with Crippen molar-refractivity contribution in [3.8, 4) is 0 Å². The molecule has 2 aromatic heterocycles. The first kappa shape index (κ1) is 16.3. The lowest BCUT2D eigenvalue weighted by atomic mass is 9.83. The van der Waals surface area contributed by atoms with Crippen LogP contribution in [0.3, 0.4) is 0 Å². The zero-order chi connectivity index (χ0) is 16.3. The lowest BCUT2D eigenvalue weighted by molar-refractivity contribution is -0.126. The summed E-state index contributed by atoms with van der Waals surface area (Å²) in [6.07, 6.45) is 5.83. The van der Waals surface area contributed by atoms with Crippen LogP contribution in [0.25, 0.3) is 0 Å². The maximum absolute atomic E-state index is 13.0. The van der Waals surface area contributed by atoms with E-state index < -0.39 is 0 Å². The molecule has 0 saturated heterocycles. The lowest BCUT2D eigenvalue weighted by Gasteiger charge is -2.29. The van der Waals surface area contributed by atoms with Crippen molar-refractivity contribution in [1.29, 1.82) is 0 Å². The van der Waals surface area contributed by atoms with Gasteiger partial charge in [0.25, 0.3) is 0 Å². The predicted octanol–water partition coefficient (Wildman–Crippen LogP) is 3.57. The number of nitrogens with one attached hydrogen (secondary N) is 1. The molecule has 124 valence electrons. The van der Waals surface area contributed by atoms with Crippen LogP contribution in [0.15, 0.2) is 40.3 Å². The van der Waals surface area contributed by atoms with Gasteiger partial charge in [-0.25, -0.2) is 0 Å². The highest BCUT2D eigenvalue weighted by Crippen LogP contribution is 2.43. The Morgan fingerprint density at radius 2 is 2.13 bits per heavy atom. The van der Waals surface area contributed by atoms with Crippen molar-refractivity contribution in [2.45, 2.75) is 37.1 Å². The second kappa shape index (κ2) is 6.89. The summed E-state index contributed by atoms with van der Waals surface area (Å²) in [5.74, 6) is 1.04. The fourth-order valence-corrected chi connectivity index (χ4v) is 4.48. The summed E-state index contributed by atoms with van der Waals surface area (Å²) >= 11 is 1.70. The largest absolute Gasteiger partial charge is 0.468 e. The molecule has 3 rings (SSSR count). The van der Waals surface area contributed by atoms with Gasteiger partial charge in [-0.15, -0.1) is 11.3 Å². The minimum absolute atomic E-state index is 0.0516. The Morgan fingerprint density at radius 3 is 2.70 bits per heavy atom. The van der Waals surface area contributed by atoms with E-state index in [4.69, 9.17) is 4.42 Å². The molecule has 1 unspecified atom stereocenters. The quantitative estimate of drug-likeness (QED) is 0.879. The summed E-state index contributed by atoms with van der Waals surface area (Å²) in [5.41, 5.74) is -0.325. The Morgan fingerprint density at radius 1 is 1.35 bits per heavy atom. The monoisotopic (exact) mass is 332 g/mol. The van der Waals surface area contributed by atoms with Gasteiger partial charge in [-0.1, -0.05) is 18.9 Å². The molecule has 0 bridgehead atoms. The van der Waals surface area contributed by atoms with Gasteiger partial charge < -0.3 is 9.73 Å². The van der Waals surface area contributed by atoms with Crippen LogP contribution in [0.1, 0.15) is 42.4 Å². The number of hydrogen-bond donors (Lipinski definition) is 1. The summed E-state index contributed by atoms with van der Waals surface area (Å²) in [5, 5.41) is 5.25. The Bertz CT molecular complexity index is 614. The fraction of sp³-hybridized carbons (Fsp3) is 0.500. The van der Waals surface area contributed by atoms with E-state index in [1.54, 1.807) is 17.6 Å². The molecular formula is C18H24N2O2S. The van der Waals surface area contributed by atoms with Crippen LogP contribution in [-0.2, 0) is 10.2 Å². The number of nitrogens with zero attached hydrogens (tertiary/aromatic N) is 1. The first-order chi connectivity index (χ1) is 11.1. The first-order valence-electron chi connectivity index (χ1n) is 8.15. The third-order valence-electron chi connectivity index (χ3n) is 4.84. The van der Waals surface area contributed by atoms with Gasteiger partial charge in [0.2, 0.25) is 5.91 Å². The van der Waals surface area contributed by atoms with Crippen molar-refractivity contribution in [3.63, 3.8) is 0 Å². The van der Waals surface area contributed by atoms with Gasteiger partial charge in [-0.3, -0.25) is 9.69 Å². The van der Waals surface area contributed by atoms with E-state index in [1.807, 2.05) is 32.3 Å². The summed E-state index contributed by atoms with van der Waals surface area (Å²) in [6, 6.07) is 8.04. The Kier molecular flexibility index (Phi) is 4.87. The number of hydrogen-bond acceptors (Lipinski definition) is 4. The van der Waals surface area contributed by atoms with Crippen molar-refractivity contribution in [2.75, 3.05) is 20.6 Å². The number of furan rings is 1. The molecule has 2 aromatic rings. The van der Waals surface area contributed by atoms with Crippen LogP contribution in [-0.4, -0.2) is 31.4 Å². The zero-order valence-electron chi connectivity index (χ0n) is 13.7. The van der Waals surface area contributed by atoms with Crippen molar-refractivity contribution in [1.82, 2.24) is 10.2 Å². The molecule has 0 spiro atoms. The van der Waals surface area contributed by atoms with E-state index in [-0.39, 0.29) is 17.4 Å². The van der Waals surface area contributed by atoms with E-state index in [1.165, 1.54) is 4.88 Å². The van der Waals surface area contributed by atoms with Crippen molar-refractivity contribution >= 4 is 17.2 Å². The highest BCUT2D eigenvalue weighted by atomic mass is 32.1. The van der Waals surface area contributed by atoms with Crippen molar-refractivity contribution in [3.05, 3.63) is 46.5 Å². The van der Waals surface area contributed by atoms with Crippen LogP contribution in [0.5, 0.6) is 0 Å². The third-order valence-corrected chi connectivity index (χ3v) is 5.91. The molecule has 0 aromatic carbocycles. The van der Waals surface area contributed by atoms with Crippen LogP contribution >= 0.6 is 11.3 Å². The molecule has 0 radical (unpaired) electrons. The minimum Gasteiger partial charge on any atom is -0.468 e. The molecule has 1 atom stereocenters. The second-order valence-electron chi connectivity index (χ2n) is 6.47. The van der Waals surface area contributed by atoms with Gasteiger partial charge >= 0.3 is 0 Å². The summed E-state index contributed by atoms with van der Waals surface area (Å²) in [4.78, 5) is 16.3. The summed E-state index contributed by atoms with van der Waals surface area (Å²) in [6.45, 7) is 0.562. The molecule has 1 saturated carbocycles. The van der Waals surface area contributed by atoms with Gasteiger partial charge in [-0.2, -0.15) is 0 Å². The van der Waals surface area contributed by atoms with E-state index >= 15 is 0 Å². The van der Waals surface area contributed by atoms with Crippen LogP contribution < -0.4 is 5.32 Å². The summed E-state index contributed by atoms with van der Waals surface area (Å²) < 4.78 is 5.52. The first-order valence-corrected chi connectivity index (χ1v) is 9.03. The Hall–Kier alpha value is -1.59. The standard InChI is InChI=1S/C18H24N2O2S/c1-20(2)14(15-7-5-11-22-15)13-19-17(21)18(9-3-4-10-18)16-8-6-12-23-16/h5-8,11-12,14H,3-4,9-10,13H2,1-2H3,(H,19,21). The molecule has 5 heteroatoms. The molecule has 1 fully saturated rings. The number of rotatable bonds is 6. The molecule has 1 amide bonds. The average Bonchev–Trinajstić information content (AvgIpc) is 3.28. The molecule has 23 heavy (non-hydrogen) atoms. The van der Waals surface area contributed by atoms with E-state index in [0.717, 1.165) is 31.4 Å². The summed E-state index contributed by atoms with van der Waals surface area (Å²) in [7, 11) is 4.01. The minimum atomic E-state index is -0.325. The molecule has 1 N–H and O–H groups in total. The predicted molar refractivity (Wildman–Crippen MR) is 92.6 cm³/mol. The Labute approximate surface area is 141 Å². The lowest BCUT2D eigenvalue weighted by Crippen LogP contribution is -2.45. The van der Waals surface area contributed by atoms with E-state index in [9.17, 15) is 4.79 Å². The van der Waals surface area contributed by atoms with Gasteiger partial charge in [0, 0.05) is 11.4 Å². The average molecular weight is 332 g/mol. The fourth-order valence-electron chi connectivity index (χ4n) is 3.49. The highest BCUT2D eigenvalue weighted by Gasteiger charge is 2.43. The maximum atomic E-state index is 13.0. The van der Waals surface area contributed by atoms with Crippen LogP contribution in [0.2, 0.25) is 0 Å². The Balaban J connectivity index is 1.72. The van der Waals surface area contributed by atoms with Gasteiger partial charge in [0.05, 0.1) is 17.7 Å². The molecule has 2 heterocycles. The van der Waals surface area contributed by atoms with E-state index in [0.29, 0.717) is 6.54 Å². The van der Waals surface area contributed by atoms with Gasteiger partial charge in [-0.05, 0) is 50.5 Å². The van der Waals surface area contributed by atoms with Gasteiger partial charge in [0.15, 0.2) is 0 Å². The highest BCUT2D eigenvalue weighted by molar-refractivity contribution is 7.10. The normalized spacial score (nSPS) is 18.2. The SMILES string of the molecule is CN(C)C(CNC(=O)C1(c2cccs2)CCCC1)c1ccco1. The maximum Gasteiger partial charge on any atom is 0.231 e. The smallest absolute Gasteiger partial charge is 0.231 e. The number of carbonyl (C=O) groups is 1. The van der Waals surface area contributed by atoms with Gasteiger partial charge in [0.1, 0.15) is 5.76 Å². The number of thiophene rings is 1. The molecule has 4 nitrogen and oxygen atoms in total. The number of likely N-dealkylation sites (N-methyl/N-ethyl adjacent to an activating group) is 1. The third kappa shape index (κ3) is 3.21.